The zero-order valence-electron chi connectivity index (χ0n) is 8.33. The van der Waals surface area contributed by atoms with Crippen LogP contribution in [0.3, 0.4) is 0 Å². The van der Waals surface area contributed by atoms with Crippen molar-refractivity contribution in [2.75, 3.05) is 13.7 Å². The summed E-state index contributed by atoms with van der Waals surface area (Å²) < 4.78 is 10.5. The molecule has 4 nitrogen and oxygen atoms in total. The number of nitrogens with two attached hydrogens (primary N) is 1. The van der Waals surface area contributed by atoms with Gasteiger partial charge in [-0.2, -0.15) is 0 Å². The molecule has 0 fully saturated rings. The fourth-order valence-corrected chi connectivity index (χ4v) is 0.780. The Hall–Kier alpha value is -0.160. The number of methoxy groups -OCH3 is 1. The standard InChI is InChI=1S/C8H20N2O2/c1-6(2)12-5-8(10-9)7(3)11-4/h6-8,10H,5,9H2,1-4H3. The Labute approximate surface area is 74.4 Å². The summed E-state index contributed by atoms with van der Waals surface area (Å²) in [4.78, 5) is 0. The van der Waals surface area contributed by atoms with Crippen LogP contribution in [-0.4, -0.2) is 32.0 Å². The summed E-state index contributed by atoms with van der Waals surface area (Å²) in [5.41, 5.74) is 2.66. The summed E-state index contributed by atoms with van der Waals surface area (Å²) in [6.45, 7) is 6.51. The van der Waals surface area contributed by atoms with Gasteiger partial charge >= 0.3 is 0 Å². The first-order chi connectivity index (χ1) is 5.61. The molecule has 0 aromatic rings. The number of hydrazine groups is 1. The molecule has 0 aliphatic carbocycles. The highest BCUT2D eigenvalue weighted by atomic mass is 16.5. The van der Waals surface area contributed by atoms with Gasteiger partial charge in [0.2, 0.25) is 0 Å². The van der Waals surface area contributed by atoms with Crippen LogP contribution in [0.15, 0.2) is 0 Å². The minimum Gasteiger partial charge on any atom is -0.380 e. The lowest BCUT2D eigenvalue weighted by Crippen LogP contribution is -2.47. The Bertz CT molecular complexity index is 109. The molecule has 0 bridgehead atoms. The summed E-state index contributed by atoms with van der Waals surface area (Å²) in [6.07, 6.45) is 0.290. The van der Waals surface area contributed by atoms with Crippen LogP contribution in [0.5, 0.6) is 0 Å². The minimum absolute atomic E-state index is 0.0531. The topological polar surface area (TPSA) is 56.5 Å². The molecule has 0 aliphatic heterocycles. The number of ether oxygens (including phenoxy) is 2. The van der Waals surface area contributed by atoms with Crippen molar-refractivity contribution in [3.63, 3.8) is 0 Å². The average Bonchev–Trinajstić information content (AvgIpc) is 2.04. The third-order valence-corrected chi connectivity index (χ3v) is 1.76. The molecule has 0 spiro atoms. The Kier molecular flexibility index (Phi) is 6.28. The molecule has 0 aromatic carbocycles. The zero-order valence-corrected chi connectivity index (χ0v) is 8.33. The summed E-state index contributed by atoms with van der Waals surface area (Å²) in [5, 5.41) is 0. The van der Waals surface area contributed by atoms with Gasteiger partial charge in [0.25, 0.3) is 0 Å². The Morgan fingerprint density at radius 3 is 2.25 bits per heavy atom. The van der Waals surface area contributed by atoms with Gasteiger partial charge in [0.1, 0.15) is 0 Å². The fourth-order valence-electron chi connectivity index (χ4n) is 0.780. The predicted molar refractivity (Wildman–Crippen MR) is 48.7 cm³/mol. The minimum atomic E-state index is 0.0531. The van der Waals surface area contributed by atoms with E-state index in [0.717, 1.165) is 0 Å². The molecule has 0 aromatic heterocycles. The van der Waals surface area contributed by atoms with Crippen LogP contribution in [-0.2, 0) is 9.47 Å². The van der Waals surface area contributed by atoms with Gasteiger partial charge in [-0.25, -0.2) is 0 Å². The molecule has 0 saturated heterocycles. The maximum Gasteiger partial charge on any atom is 0.0732 e. The maximum absolute atomic E-state index is 5.40. The predicted octanol–water partition coefficient (Wildman–Crippen LogP) is 0.278. The van der Waals surface area contributed by atoms with E-state index in [1.54, 1.807) is 7.11 Å². The smallest absolute Gasteiger partial charge is 0.0732 e. The highest BCUT2D eigenvalue weighted by Gasteiger charge is 2.15. The number of hydrogen-bond acceptors (Lipinski definition) is 4. The van der Waals surface area contributed by atoms with Gasteiger partial charge in [0, 0.05) is 7.11 Å². The van der Waals surface area contributed by atoms with Crippen LogP contribution in [0.25, 0.3) is 0 Å². The van der Waals surface area contributed by atoms with E-state index in [-0.39, 0.29) is 18.2 Å². The molecule has 0 amide bonds. The molecule has 3 N–H and O–H groups in total. The van der Waals surface area contributed by atoms with Gasteiger partial charge in [-0.3, -0.25) is 11.3 Å². The maximum atomic E-state index is 5.40. The third-order valence-electron chi connectivity index (χ3n) is 1.76. The summed E-state index contributed by atoms with van der Waals surface area (Å²) >= 11 is 0. The van der Waals surface area contributed by atoms with Crippen molar-refractivity contribution < 1.29 is 9.47 Å². The van der Waals surface area contributed by atoms with Crippen LogP contribution < -0.4 is 11.3 Å². The van der Waals surface area contributed by atoms with Crippen molar-refractivity contribution in [2.45, 2.75) is 39.0 Å². The van der Waals surface area contributed by atoms with Crippen molar-refractivity contribution >= 4 is 0 Å². The van der Waals surface area contributed by atoms with Gasteiger partial charge in [0.15, 0.2) is 0 Å². The van der Waals surface area contributed by atoms with Crippen molar-refractivity contribution in [2.24, 2.45) is 5.84 Å². The molecule has 2 atom stereocenters. The molecule has 0 radical (unpaired) electrons. The molecular formula is C8H20N2O2. The third kappa shape index (κ3) is 4.66. The van der Waals surface area contributed by atoms with Crippen LogP contribution in [0.1, 0.15) is 20.8 Å². The summed E-state index contributed by atoms with van der Waals surface area (Å²) in [5.74, 6) is 5.33. The van der Waals surface area contributed by atoms with E-state index in [4.69, 9.17) is 15.3 Å². The number of rotatable bonds is 6. The first-order valence-electron chi connectivity index (χ1n) is 4.22. The lowest BCUT2D eigenvalue weighted by molar-refractivity contribution is 0.00902. The van der Waals surface area contributed by atoms with E-state index in [2.05, 4.69) is 5.43 Å². The summed E-state index contributed by atoms with van der Waals surface area (Å²) in [6, 6.07) is 0.0531. The second kappa shape index (κ2) is 6.37. The highest BCUT2D eigenvalue weighted by molar-refractivity contribution is 4.70. The van der Waals surface area contributed by atoms with Gasteiger partial charge in [-0.15, -0.1) is 0 Å². The van der Waals surface area contributed by atoms with Crippen LogP contribution in [0.4, 0.5) is 0 Å². The Morgan fingerprint density at radius 1 is 1.33 bits per heavy atom. The van der Waals surface area contributed by atoms with Crippen LogP contribution in [0, 0.1) is 0 Å². The van der Waals surface area contributed by atoms with Crippen molar-refractivity contribution in [3.05, 3.63) is 0 Å². The molecule has 0 heterocycles. The molecule has 4 heteroatoms. The van der Waals surface area contributed by atoms with Crippen LogP contribution in [0.2, 0.25) is 0 Å². The molecule has 0 aliphatic rings. The van der Waals surface area contributed by atoms with Crippen molar-refractivity contribution in [3.8, 4) is 0 Å². The first kappa shape index (κ1) is 11.8. The molecular weight excluding hydrogens is 156 g/mol. The lowest BCUT2D eigenvalue weighted by atomic mass is 10.2. The SMILES string of the molecule is COC(C)C(COC(C)C)NN. The summed E-state index contributed by atoms with van der Waals surface area (Å²) in [7, 11) is 1.66. The van der Waals surface area contributed by atoms with Gasteiger partial charge in [-0.05, 0) is 20.8 Å². The van der Waals surface area contributed by atoms with E-state index in [1.165, 1.54) is 0 Å². The van der Waals surface area contributed by atoms with Gasteiger partial charge in [-0.1, -0.05) is 0 Å². The van der Waals surface area contributed by atoms with Crippen LogP contribution >= 0.6 is 0 Å². The van der Waals surface area contributed by atoms with E-state index in [9.17, 15) is 0 Å². The quantitative estimate of drug-likeness (QED) is 0.451. The molecule has 74 valence electrons. The van der Waals surface area contributed by atoms with E-state index in [0.29, 0.717) is 6.61 Å². The molecule has 2 unspecified atom stereocenters. The average molecular weight is 176 g/mol. The van der Waals surface area contributed by atoms with Gasteiger partial charge < -0.3 is 9.47 Å². The normalized spacial score (nSPS) is 16.5. The monoisotopic (exact) mass is 176 g/mol. The van der Waals surface area contributed by atoms with E-state index in [1.807, 2.05) is 20.8 Å². The van der Waals surface area contributed by atoms with E-state index < -0.39 is 0 Å². The lowest BCUT2D eigenvalue weighted by Gasteiger charge is -2.22. The Morgan fingerprint density at radius 2 is 1.92 bits per heavy atom. The Balaban J connectivity index is 3.67. The second-order valence-electron chi connectivity index (χ2n) is 3.10. The highest BCUT2D eigenvalue weighted by Crippen LogP contribution is 1.99. The number of nitrogens with one attached hydrogen (secondary N) is 1. The molecule has 0 saturated carbocycles. The molecule has 12 heavy (non-hydrogen) atoms. The second-order valence-corrected chi connectivity index (χ2v) is 3.10. The van der Waals surface area contributed by atoms with Crippen molar-refractivity contribution in [1.82, 2.24) is 5.43 Å². The fraction of sp³-hybridized carbons (Fsp3) is 1.00. The first-order valence-corrected chi connectivity index (χ1v) is 4.22. The molecule has 0 rings (SSSR count). The zero-order chi connectivity index (χ0) is 9.56. The number of hydrogen-bond donors (Lipinski definition) is 2. The van der Waals surface area contributed by atoms with Gasteiger partial charge in [0.05, 0.1) is 24.9 Å². The van der Waals surface area contributed by atoms with E-state index >= 15 is 0 Å². The van der Waals surface area contributed by atoms with Crippen molar-refractivity contribution in [1.29, 1.82) is 0 Å². The largest absolute Gasteiger partial charge is 0.380 e.